The van der Waals surface area contributed by atoms with Crippen LogP contribution in [-0.4, -0.2) is 28.3 Å². The lowest BCUT2D eigenvalue weighted by molar-refractivity contribution is -0.143. The second-order valence-electron chi connectivity index (χ2n) is 5.83. The summed E-state index contributed by atoms with van der Waals surface area (Å²) in [6.07, 6.45) is 1.53. The smallest absolute Gasteiger partial charge is 0.408 e. The third kappa shape index (κ3) is 3.61. The van der Waals surface area contributed by atoms with Crippen molar-refractivity contribution in [3.05, 3.63) is 0 Å². The molecular weight excluding hydrogens is 222 g/mol. The van der Waals surface area contributed by atoms with Gasteiger partial charge in [0.25, 0.3) is 0 Å². The van der Waals surface area contributed by atoms with E-state index in [4.69, 9.17) is 9.84 Å². The minimum absolute atomic E-state index is 0.532. The number of rotatable bonds is 2. The summed E-state index contributed by atoms with van der Waals surface area (Å²) in [6.45, 7) is 7.09. The lowest BCUT2D eigenvalue weighted by Crippen LogP contribution is -2.52. The van der Waals surface area contributed by atoms with Crippen LogP contribution in [0, 0.1) is 5.92 Å². The van der Waals surface area contributed by atoms with Crippen molar-refractivity contribution in [3.63, 3.8) is 0 Å². The number of amides is 1. The first kappa shape index (κ1) is 13.8. The molecule has 5 heteroatoms. The average Bonchev–Trinajstić information content (AvgIpc) is 2.42. The summed E-state index contributed by atoms with van der Waals surface area (Å²) in [5.41, 5.74) is -1.27. The van der Waals surface area contributed by atoms with Crippen molar-refractivity contribution < 1.29 is 19.4 Å². The molecule has 2 N–H and O–H groups in total. The Morgan fingerprint density at radius 3 is 2.47 bits per heavy atom. The number of carboxylic acid groups (broad SMARTS) is 1. The van der Waals surface area contributed by atoms with Gasteiger partial charge in [-0.05, 0) is 40.5 Å². The van der Waals surface area contributed by atoms with Crippen molar-refractivity contribution in [2.24, 2.45) is 5.92 Å². The molecule has 17 heavy (non-hydrogen) atoms. The number of alkyl carbamates (subject to hydrolysis) is 1. The van der Waals surface area contributed by atoms with Gasteiger partial charge in [-0.25, -0.2) is 4.79 Å². The highest BCUT2D eigenvalue weighted by atomic mass is 16.6. The molecule has 0 aliphatic heterocycles. The Hall–Kier alpha value is -1.26. The van der Waals surface area contributed by atoms with Gasteiger partial charge in [-0.1, -0.05) is 6.42 Å². The van der Waals surface area contributed by atoms with Gasteiger partial charge in [-0.15, -0.1) is 0 Å². The molecular formula is C12H21NO4. The number of hydrogen-bond donors (Lipinski definition) is 2. The summed E-state index contributed by atoms with van der Waals surface area (Å²) in [6, 6.07) is 0. The summed E-state index contributed by atoms with van der Waals surface area (Å²) in [7, 11) is 0. The van der Waals surface area contributed by atoms with E-state index >= 15 is 0 Å². The van der Waals surface area contributed by atoms with Gasteiger partial charge < -0.3 is 15.2 Å². The molecule has 1 saturated carbocycles. The maximum Gasteiger partial charge on any atom is 0.408 e. The molecule has 0 aromatic rings. The normalized spacial score (nSPS) is 28.8. The average molecular weight is 243 g/mol. The molecule has 0 spiro atoms. The minimum atomic E-state index is -0.860. The predicted octanol–water partition coefficient (Wildman–Crippen LogP) is 2.15. The zero-order valence-corrected chi connectivity index (χ0v) is 10.9. The zero-order chi connectivity index (χ0) is 13.3. The van der Waals surface area contributed by atoms with Gasteiger partial charge in [0.2, 0.25) is 0 Å². The van der Waals surface area contributed by atoms with E-state index in [1.54, 1.807) is 27.7 Å². The van der Waals surface area contributed by atoms with Crippen molar-refractivity contribution in [1.29, 1.82) is 0 Å². The Labute approximate surface area is 102 Å². The highest BCUT2D eigenvalue weighted by Gasteiger charge is 2.45. The fraction of sp³-hybridized carbons (Fsp3) is 0.833. The summed E-state index contributed by atoms with van der Waals surface area (Å²) < 4.78 is 5.15. The van der Waals surface area contributed by atoms with Crippen LogP contribution in [0.4, 0.5) is 4.79 Å². The Balaban J connectivity index is 2.66. The monoisotopic (exact) mass is 243 g/mol. The number of hydrogen-bond acceptors (Lipinski definition) is 3. The van der Waals surface area contributed by atoms with E-state index in [2.05, 4.69) is 5.32 Å². The van der Waals surface area contributed by atoms with Crippen LogP contribution >= 0.6 is 0 Å². The van der Waals surface area contributed by atoms with Crippen LogP contribution in [-0.2, 0) is 9.53 Å². The first-order valence-corrected chi connectivity index (χ1v) is 5.88. The first-order chi connectivity index (χ1) is 7.64. The van der Waals surface area contributed by atoms with E-state index in [0.717, 1.165) is 6.42 Å². The van der Waals surface area contributed by atoms with E-state index in [0.29, 0.717) is 12.8 Å². The van der Waals surface area contributed by atoms with E-state index < -0.39 is 29.1 Å². The maximum atomic E-state index is 11.7. The number of carbonyl (C=O) groups excluding carboxylic acids is 1. The molecule has 0 saturated heterocycles. The quantitative estimate of drug-likeness (QED) is 0.779. The molecule has 5 nitrogen and oxygen atoms in total. The van der Waals surface area contributed by atoms with E-state index in [1.165, 1.54) is 0 Å². The molecule has 0 heterocycles. The largest absolute Gasteiger partial charge is 0.481 e. The van der Waals surface area contributed by atoms with Gasteiger partial charge >= 0.3 is 12.1 Å². The molecule has 1 fully saturated rings. The van der Waals surface area contributed by atoms with Crippen LogP contribution in [0.5, 0.6) is 0 Å². The van der Waals surface area contributed by atoms with Crippen molar-refractivity contribution >= 4 is 12.1 Å². The molecule has 98 valence electrons. The Kier molecular flexibility index (Phi) is 3.69. The summed E-state index contributed by atoms with van der Waals surface area (Å²) >= 11 is 0. The van der Waals surface area contributed by atoms with Crippen LogP contribution < -0.4 is 5.32 Å². The van der Waals surface area contributed by atoms with Gasteiger partial charge in [-0.3, -0.25) is 4.79 Å². The number of ether oxygens (including phenoxy) is 1. The minimum Gasteiger partial charge on any atom is -0.481 e. The van der Waals surface area contributed by atoms with Crippen LogP contribution in [0.2, 0.25) is 0 Å². The van der Waals surface area contributed by atoms with Crippen molar-refractivity contribution in [2.75, 3.05) is 0 Å². The Bertz CT molecular complexity index is 321. The topological polar surface area (TPSA) is 75.6 Å². The lowest BCUT2D eigenvalue weighted by atomic mass is 9.89. The Morgan fingerprint density at radius 2 is 2.00 bits per heavy atom. The second kappa shape index (κ2) is 4.55. The zero-order valence-electron chi connectivity index (χ0n) is 10.9. The van der Waals surface area contributed by atoms with Crippen LogP contribution in [0.15, 0.2) is 0 Å². The fourth-order valence-corrected chi connectivity index (χ4v) is 2.25. The Morgan fingerprint density at radius 1 is 1.41 bits per heavy atom. The number of nitrogens with one attached hydrogen (secondary N) is 1. The van der Waals surface area contributed by atoms with Crippen molar-refractivity contribution in [2.45, 2.75) is 58.1 Å². The maximum absolute atomic E-state index is 11.7. The number of carbonyl (C=O) groups is 2. The molecule has 1 rings (SSSR count). The third-order valence-electron chi connectivity index (χ3n) is 3.04. The lowest BCUT2D eigenvalue weighted by Gasteiger charge is -2.31. The standard InChI is InChI=1S/C12H21NO4/c1-11(2,3)17-10(16)13-12(4)7-5-6-8(12)9(14)15/h8H,5-7H2,1-4H3,(H,13,16)(H,14,15)/t8-,12+/m0/s1. The van der Waals surface area contributed by atoms with Gasteiger partial charge in [0.05, 0.1) is 11.5 Å². The fourth-order valence-electron chi connectivity index (χ4n) is 2.25. The molecule has 1 aliphatic carbocycles. The van der Waals surface area contributed by atoms with E-state index in [-0.39, 0.29) is 0 Å². The molecule has 1 aliphatic rings. The van der Waals surface area contributed by atoms with Gasteiger partial charge in [0.15, 0.2) is 0 Å². The van der Waals surface area contributed by atoms with E-state index in [9.17, 15) is 9.59 Å². The number of carboxylic acids is 1. The predicted molar refractivity (Wildman–Crippen MR) is 62.8 cm³/mol. The molecule has 0 aromatic heterocycles. The number of aliphatic carboxylic acids is 1. The van der Waals surface area contributed by atoms with Gasteiger partial charge in [-0.2, -0.15) is 0 Å². The molecule has 0 radical (unpaired) electrons. The highest BCUT2D eigenvalue weighted by molar-refractivity contribution is 5.75. The molecule has 2 atom stereocenters. The summed E-state index contributed by atoms with van der Waals surface area (Å²) in [5.74, 6) is -1.39. The summed E-state index contributed by atoms with van der Waals surface area (Å²) in [4.78, 5) is 22.8. The van der Waals surface area contributed by atoms with Crippen molar-refractivity contribution in [3.8, 4) is 0 Å². The van der Waals surface area contributed by atoms with Crippen LogP contribution in [0.25, 0.3) is 0 Å². The van der Waals surface area contributed by atoms with Gasteiger partial charge in [0.1, 0.15) is 5.60 Å². The van der Waals surface area contributed by atoms with Crippen LogP contribution in [0.1, 0.15) is 47.0 Å². The van der Waals surface area contributed by atoms with Crippen molar-refractivity contribution in [1.82, 2.24) is 5.32 Å². The second-order valence-corrected chi connectivity index (χ2v) is 5.83. The summed E-state index contributed by atoms with van der Waals surface area (Å²) in [5, 5.41) is 11.8. The molecule has 0 unspecified atom stereocenters. The SMILES string of the molecule is CC(C)(C)OC(=O)N[C@]1(C)CCC[C@H]1C(=O)O. The van der Waals surface area contributed by atoms with E-state index in [1.807, 2.05) is 0 Å². The van der Waals surface area contributed by atoms with Gasteiger partial charge in [0, 0.05) is 0 Å². The molecule has 1 amide bonds. The highest BCUT2D eigenvalue weighted by Crippen LogP contribution is 2.35. The molecule has 0 aromatic carbocycles. The molecule has 0 bridgehead atoms. The third-order valence-corrected chi connectivity index (χ3v) is 3.04. The van der Waals surface area contributed by atoms with Crippen LogP contribution in [0.3, 0.4) is 0 Å². The first-order valence-electron chi connectivity index (χ1n) is 5.88.